The molecule has 152 valence electrons. The smallest absolute Gasteiger partial charge is 0.253 e. The first-order valence-corrected chi connectivity index (χ1v) is 11.2. The molecule has 0 aliphatic carbocycles. The fourth-order valence-electron chi connectivity index (χ4n) is 3.93. The highest BCUT2D eigenvalue weighted by Crippen LogP contribution is 2.24. The third kappa shape index (κ3) is 4.77. The topological polar surface area (TPSA) is 63.5 Å². The van der Waals surface area contributed by atoms with Crippen LogP contribution in [0.4, 0.5) is 5.13 Å². The molecule has 29 heavy (non-hydrogen) atoms. The average molecular weight is 410 g/mol. The molecule has 2 aliphatic rings. The Kier molecular flexibility index (Phi) is 6.12. The van der Waals surface area contributed by atoms with Crippen molar-refractivity contribution in [1.29, 1.82) is 5.26 Å². The molecule has 3 heterocycles. The predicted molar refractivity (Wildman–Crippen MR) is 115 cm³/mol. The van der Waals surface area contributed by atoms with Crippen molar-refractivity contribution in [3.8, 4) is 6.07 Å². The number of hydrogen-bond acceptors (Lipinski definition) is 6. The predicted octanol–water partition coefficient (Wildman–Crippen LogP) is 3.21. The van der Waals surface area contributed by atoms with E-state index in [4.69, 9.17) is 10.2 Å². The fraction of sp³-hybridized carbons (Fsp3) is 0.500. The number of anilines is 1. The van der Waals surface area contributed by atoms with Gasteiger partial charge in [0.2, 0.25) is 0 Å². The third-order valence-electron chi connectivity index (χ3n) is 5.90. The lowest BCUT2D eigenvalue weighted by atomic mass is 9.99. The van der Waals surface area contributed by atoms with Crippen LogP contribution in [0.3, 0.4) is 0 Å². The van der Waals surface area contributed by atoms with Crippen molar-refractivity contribution in [2.24, 2.45) is 5.92 Å². The Labute approximate surface area is 176 Å². The molecule has 0 unspecified atom stereocenters. The van der Waals surface area contributed by atoms with Gasteiger partial charge in [-0.15, -0.1) is 11.3 Å². The van der Waals surface area contributed by atoms with E-state index in [2.05, 4.69) is 28.2 Å². The van der Waals surface area contributed by atoms with Crippen LogP contribution >= 0.6 is 11.3 Å². The van der Waals surface area contributed by atoms with E-state index < -0.39 is 0 Å². The number of nitriles is 1. The summed E-state index contributed by atoms with van der Waals surface area (Å²) in [6.07, 6.45) is 2.57. The lowest BCUT2D eigenvalue weighted by Crippen LogP contribution is -2.48. The Morgan fingerprint density at radius 2 is 1.83 bits per heavy atom. The second-order valence-electron chi connectivity index (χ2n) is 8.05. The molecule has 0 bridgehead atoms. The summed E-state index contributed by atoms with van der Waals surface area (Å²) < 4.78 is 0. The van der Waals surface area contributed by atoms with E-state index in [-0.39, 0.29) is 5.91 Å². The molecule has 0 radical (unpaired) electrons. The van der Waals surface area contributed by atoms with Crippen molar-refractivity contribution in [2.45, 2.75) is 26.3 Å². The molecular weight excluding hydrogens is 382 g/mol. The molecule has 6 nitrogen and oxygen atoms in total. The molecule has 2 fully saturated rings. The van der Waals surface area contributed by atoms with Gasteiger partial charge in [0.05, 0.1) is 17.3 Å². The van der Waals surface area contributed by atoms with Crippen LogP contribution in [0.2, 0.25) is 0 Å². The van der Waals surface area contributed by atoms with Crippen LogP contribution in [-0.2, 0) is 6.54 Å². The van der Waals surface area contributed by atoms with Crippen LogP contribution in [0.15, 0.2) is 29.6 Å². The highest BCUT2D eigenvalue weighted by Gasteiger charge is 2.24. The number of piperidine rings is 1. The van der Waals surface area contributed by atoms with Gasteiger partial charge in [0.15, 0.2) is 5.13 Å². The van der Waals surface area contributed by atoms with Gasteiger partial charge in [-0.2, -0.15) is 5.26 Å². The number of aromatic nitrogens is 1. The first-order chi connectivity index (χ1) is 14.1. The number of carbonyl (C=O) groups is 1. The number of rotatable bonds is 4. The number of nitrogens with zero attached hydrogens (tertiary/aromatic N) is 5. The molecule has 0 spiro atoms. The number of likely N-dealkylation sites (tertiary alicyclic amines) is 1. The second-order valence-corrected chi connectivity index (χ2v) is 8.89. The molecule has 1 amide bonds. The van der Waals surface area contributed by atoms with Gasteiger partial charge in [0.1, 0.15) is 0 Å². The molecule has 7 heteroatoms. The van der Waals surface area contributed by atoms with Gasteiger partial charge < -0.3 is 9.80 Å². The van der Waals surface area contributed by atoms with Crippen molar-refractivity contribution in [3.63, 3.8) is 0 Å². The van der Waals surface area contributed by atoms with Gasteiger partial charge in [-0.05, 0) is 56.1 Å². The van der Waals surface area contributed by atoms with Crippen LogP contribution in [0, 0.1) is 17.2 Å². The first kappa shape index (κ1) is 19.9. The molecule has 1 aromatic carbocycles. The molecule has 2 saturated heterocycles. The number of carbonyl (C=O) groups excluding carboxylic acids is 1. The summed E-state index contributed by atoms with van der Waals surface area (Å²) in [5.41, 5.74) is 2.38. The molecule has 2 aromatic rings. The van der Waals surface area contributed by atoms with E-state index in [0.29, 0.717) is 24.2 Å². The van der Waals surface area contributed by atoms with Crippen LogP contribution in [0.25, 0.3) is 0 Å². The van der Waals surface area contributed by atoms with Crippen LogP contribution in [-0.4, -0.2) is 60.0 Å². The zero-order chi connectivity index (χ0) is 20.2. The molecule has 4 rings (SSSR count). The molecule has 0 atom stereocenters. The largest absolute Gasteiger partial charge is 0.345 e. The van der Waals surface area contributed by atoms with Crippen LogP contribution < -0.4 is 4.90 Å². The highest BCUT2D eigenvalue weighted by molar-refractivity contribution is 7.13. The molecule has 1 aromatic heterocycles. The van der Waals surface area contributed by atoms with E-state index in [9.17, 15) is 4.79 Å². The maximum absolute atomic E-state index is 12.7. The summed E-state index contributed by atoms with van der Waals surface area (Å²) in [6, 6.07) is 8.96. The Hall–Kier alpha value is -2.43. The summed E-state index contributed by atoms with van der Waals surface area (Å²) in [7, 11) is 0. The van der Waals surface area contributed by atoms with E-state index in [1.165, 1.54) is 25.9 Å². The van der Waals surface area contributed by atoms with Crippen molar-refractivity contribution in [1.82, 2.24) is 14.8 Å². The number of amides is 1. The van der Waals surface area contributed by atoms with Gasteiger partial charge in [-0.25, -0.2) is 4.98 Å². The molecule has 2 aliphatic heterocycles. The summed E-state index contributed by atoms with van der Waals surface area (Å²) in [4.78, 5) is 24.2. The maximum atomic E-state index is 12.7. The average Bonchev–Trinajstić information content (AvgIpc) is 3.23. The van der Waals surface area contributed by atoms with E-state index in [0.717, 1.165) is 36.4 Å². The SMILES string of the molecule is CC1CCN(Cc2csc(N3CCN(C(=O)c4ccc(C#N)cc4)CC3)n2)CC1. The molecule has 0 saturated carbocycles. The van der Waals surface area contributed by atoms with Gasteiger partial charge in [-0.3, -0.25) is 9.69 Å². The summed E-state index contributed by atoms with van der Waals surface area (Å²) in [5, 5.41) is 12.1. The highest BCUT2D eigenvalue weighted by atomic mass is 32.1. The molecule has 0 N–H and O–H groups in total. The number of piperazine rings is 1. The first-order valence-electron chi connectivity index (χ1n) is 10.3. The van der Waals surface area contributed by atoms with Crippen molar-refractivity contribution >= 4 is 22.4 Å². The van der Waals surface area contributed by atoms with E-state index in [1.807, 2.05) is 4.90 Å². The maximum Gasteiger partial charge on any atom is 0.253 e. The summed E-state index contributed by atoms with van der Waals surface area (Å²) in [6.45, 7) is 8.61. The Morgan fingerprint density at radius 1 is 1.14 bits per heavy atom. The summed E-state index contributed by atoms with van der Waals surface area (Å²) in [5.74, 6) is 0.883. The number of thiazole rings is 1. The third-order valence-corrected chi connectivity index (χ3v) is 6.85. The lowest BCUT2D eigenvalue weighted by molar-refractivity contribution is 0.0746. The number of hydrogen-bond donors (Lipinski definition) is 0. The normalized spacial score (nSPS) is 18.6. The van der Waals surface area contributed by atoms with Crippen molar-refractivity contribution < 1.29 is 4.79 Å². The van der Waals surface area contributed by atoms with Crippen LogP contribution in [0.1, 0.15) is 41.4 Å². The Morgan fingerprint density at radius 3 is 2.48 bits per heavy atom. The minimum Gasteiger partial charge on any atom is -0.345 e. The lowest BCUT2D eigenvalue weighted by Gasteiger charge is -2.34. The van der Waals surface area contributed by atoms with Crippen LogP contribution in [0.5, 0.6) is 0 Å². The van der Waals surface area contributed by atoms with Crippen molar-refractivity contribution in [3.05, 3.63) is 46.5 Å². The minimum atomic E-state index is 0.0355. The minimum absolute atomic E-state index is 0.0355. The number of benzene rings is 1. The monoisotopic (exact) mass is 409 g/mol. The van der Waals surface area contributed by atoms with Gasteiger partial charge >= 0.3 is 0 Å². The van der Waals surface area contributed by atoms with Crippen molar-refractivity contribution in [2.75, 3.05) is 44.2 Å². The van der Waals surface area contributed by atoms with Gasteiger partial charge in [-0.1, -0.05) is 6.92 Å². The second kappa shape index (κ2) is 8.93. The van der Waals surface area contributed by atoms with Gasteiger partial charge in [0, 0.05) is 43.7 Å². The Bertz CT molecular complexity index is 871. The van der Waals surface area contributed by atoms with Gasteiger partial charge in [0.25, 0.3) is 5.91 Å². The standard InChI is InChI=1S/C22H27N5OS/c1-17-6-8-25(9-7-17)15-20-16-29-22(24-20)27-12-10-26(11-13-27)21(28)19-4-2-18(14-23)3-5-19/h2-5,16-17H,6-13,15H2,1H3. The quantitative estimate of drug-likeness (QED) is 0.776. The molecular formula is C22H27N5OS. The fourth-order valence-corrected chi connectivity index (χ4v) is 4.80. The Balaban J connectivity index is 1.30. The van der Waals surface area contributed by atoms with E-state index >= 15 is 0 Å². The van der Waals surface area contributed by atoms with E-state index in [1.54, 1.807) is 35.6 Å². The zero-order valence-electron chi connectivity index (χ0n) is 16.9. The zero-order valence-corrected chi connectivity index (χ0v) is 17.7. The summed E-state index contributed by atoms with van der Waals surface area (Å²) >= 11 is 1.71.